The second-order valence-corrected chi connectivity index (χ2v) is 8.21. The largest absolute Gasteiger partial charge is 0.480 e. The summed E-state index contributed by atoms with van der Waals surface area (Å²) in [6.07, 6.45) is 2.86. The molecule has 0 aromatic carbocycles. The van der Waals surface area contributed by atoms with Crippen LogP contribution in [-0.4, -0.2) is 82.3 Å². The molecule has 0 aromatic heterocycles. The number of carboxylic acid groups (broad SMARTS) is 1. The maximum Gasteiger partial charge on any atom is 0.326 e. The zero-order chi connectivity index (χ0) is 22.8. The van der Waals surface area contributed by atoms with Crippen molar-refractivity contribution in [2.24, 2.45) is 11.5 Å². The number of hydrogen-bond acceptors (Lipinski definition) is 7. The maximum absolute atomic E-state index is 13.0. The summed E-state index contributed by atoms with van der Waals surface area (Å²) in [5.41, 5.74) is 10.7. The van der Waals surface area contributed by atoms with E-state index in [9.17, 15) is 29.1 Å². The fourth-order valence-corrected chi connectivity index (χ4v) is 3.58. The van der Waals surface area contributed by atoms with Gasteiger partial charge >= 0.3 is 5.97 Å². The summed E-state index contributed by atoms with van der Waals surface area (Å²) in [5.74, 6) is -2.86. The molecule has 4 amide bonds. The van der Waals surface area contributed by atoms with Crippen molar-refractivity contribution >= 4 is 41.4 Å². The van der Waals surface area contributed by atoms with Crippen LogP contribution in [0.4, 0.5) is 0 Å². The highest BCUT2D eigenvalue weighted by Gasteiger charge is 2.38. The quantitative estimate of drug-likeness (QED) is 0.238. The second kappa shape index (κ2) is 12.4. The smallest absolute Gasteiger partial charge is 0.326 e. The van der Waals surface area contributed by atoms with Crippen molar-refractivity contribution in [1.29, 1.82) is 0 Å². The number of carboxylic acids is 1. The number of hydrogen-bond donors (Lipinski definition) is 5. The monoisotopic (exact) mass is 445 g/mol. The standard InChI is InChI=1S/C18H31N5O6S/c1-10(19)15(25)21-11(5-6-14(20)24)17(27)23-8-3-4-13(23)16(26)22-12(18(28)29)7-9-30-2/h10-13H,3-9,19H2,1-2H3,(H2,20,24)(H,21,25)(H,22,26)(H,28,29). The number of thioether (sulfide) groups is 1. The number of rotatable bonds is 12. The van der Waals surface area contributed by atoms with Crippen LogP contribution in [0.2, 0.25) is 0 Å². The molecular weight excluding hydrogens is 414 g/mol. The molecule has 0 aromatic rings. The van der Waals surface area contributed by atoms with Gasteiger partial charge in [-0.25, -0.2) is 4.79 Å². The molecule has 0 aliphatic carbocycles. The zero-order valence-corrected chi connectivity index (χ0v) is 18.1. The zero-order valence-electron chi connectivity index (χ0n) is 17.3. The summed E-state index contributed by atoms with van der Waals surface area (Å²) in [4.78, 5) is 61.6. The van der Waals surface area contributed by atoms with E-state index in [2.05, 4.69) is 10.6 Å². The highest BCUT2D eigenvalue weighted by atomic mass is 32.2. The van der Waals surface area contributed by atoms with Gasteiger partial charge in [0.2, 0.25) is 23.6 Å². The highest BCUT2D eigenvalue weighted by Crippen LogP contribution is 2.20. The molecule has 1 rings (SSSR count). The minimum Gasteiger partial charge on any atom is -0.480 e. The van der Waals surface area contributed by atoms with Gasteiger partial charge in [-0.2, -0.15) is 11.8 Å². The number of likely N-dealkylation sites (tertiary alicyclic amines) is 1. The normalized spacial score (nSPS) is 18.9. The SMILES string of the molecule is CSCCC(NC(=O)C1CCCN1C(=O)C(CCC(N)=O)NC(=O)C(C)N)C(=O)O. The van der Waals surface area contributed by atoms with Crippen LogP contribution in [0.1, 0.15) is 39.0 Å². The molecule has 0 bridgehead atoms. The third-order valence-electron chi connectivity index (χ3n) is 4.77. The summed E-state index contributed by atoms with van der Waals surface area (Å²) in [6.45, 7) is 1.73. The Kier molecular flexibility index (Phi) is 10.6. The molecule has 1 aliphatic heterocycles. The van der Waals surface area contributed by atoms with E-state index in [4.69, 9.17) is 11.5 Å². The number of primary amides is 1. The van der Waals surface area contributed by atoms with Crippen LogP contribution in [0.3, 0.4) is 0 Å². The van der Waals surface area contributed by atoms with E-state index in [1.807, 2.05) is 6.26 Å². The van der Waals surface area contributed by atoms with E-state index >= 15 is 0 Å². The lowest BCUT2D eigenvalue weighted by Crippen LogP contribution is -2.56. The predicted molar refractivity (Wildman–Crippen MR) is 111 cm³/mol. The third kappa shape index (κ3) is 7.82. The Morgan fingerprint density at radius 3 is 2.37 bits per heavy atom. The highest BCUT2D eigenvalue weighted by molar-refractivity contribution is 7.98. The summed E-state index contributed by atoms with van der Waals surface area (Å²) >= 11 is 1.46. The van der Waals surface area contributed by atoms with Gasteiger partial charge in [-0.15, -0.1) is 0 Å². The van der Waals surface area contributed by atoms with Gasteiger partial charge in [-0.3, -0.25) is 19.2 Å². The minimum absolute atomic E-state index is 0.0249. The lowest BCUT2D eigenvalue weighted by atomic mass is 10.1. The van der Waals surface area contributed by atoms with Crippen LogP contribution in [0, 0.1) is 0 Å². The van der Waals surface area contributed by atoms with Crippen LogP contribution < -0.4 is 22.1 Å². The van der Waals surface area contributed by atoms with Crippen LogP contribution in [-0.2, 0) is 24.0 Å². The Balaban J connectivity index is 2.91. The van der Waals surface area contributed by atoms with Crippen molar-refractivity contribution in [3.8, 4) is 0 Å². The Bertz CT molecular complexity index is 659. The van der Waals surface area contributed by atoms with Gasteiger partial charge in [0.1, 0.15) is 18.1 Å². The van der Waals surface area contributed by atoms with Gasteiger partial charge in [0.25, 0.3) is 0 Å². The number of aliphatic carboxylic acids is 1. The van der Waals surface area contributed by atoms with E-state index < -0.39 is 53.8 Å². The third-order valence-corrected chi connectivity index (χ3v) is 5.42. The Morgan fingerprint density at radius 2 is 1.83 bits per heavy atom. The first-order valence-corrected chi connectivity index (χ1v) is 11.1. The van der Waals surface area contributed by atoms with E-state index in [-0.39, 0.29) is 25.8 Å². The molecule has 0 radical (unpaired) electrons. The van der Waals surface area contributed by atoms with Crippen molar-refractivity contribution in [2.75, 3.05) is 18.6 Å². The molecule has 12 heteroatoms. The van der Waals surface area contributed by atoms with Gasteiger partial charge in [0, 0.05) is 13.0 Å². The lowest BCUT2D eigenvalue weighted by molar-refractivity contribution is -0.145. The molecule has 1 saturated heterocycles. The number of nitrogens with zero attached hydrogens (tertiary/aromatic N) is 1. The summed E-state index contributed by atoms with van der Waals surface area (Å²) in [7, 11) is 0. The fraction of sp³-hybridized carbons (Fsp3) is 0.722. The number of carbonyl (C=O) groups is 5. The van der Waals surface area contributed by atoms with Crippen molar-refractivity contribution in [2.45, 2.75) is 63.2 Å². The summed E-state index contributed by atoms with van der Waals surface area (Å²) in [5, 5.41) is 14.3. The minimum atomic E-state index is -1.14. The van der Waals surface area contributed by atoms with Gasteiger partial charge in [0.05, 0.1) is 6.04 Å². The average molecular weight is 446 g/mol. The van der Waals surface area contributed by atoms with Gasteiger partial charge in [-0.05, 0) is 44.6 Å². The van der Waals surface area contributed by atoms with Crippen molar-refractivity contribution < 1.29 is 29.1 Å². The van der Waals surface area contributed by atoms with Crippen molar-refractivity contribution in [3.05, 3.63) is 0 Å². The summed E-state index contributed by atoms with van der Waals surface area (Å²) < 4.78 is 0. The molecule has 1 heterocycles. The molecule has 0 saturated carbocycles. The molecule has 30 heavy (non-hydrogen) atoms. The van der Waals surface area contributed by atoms with Gasteiger partial charge in [-0.1, -0.05) is 0 Å². The van der Waals surface area contributed by atoms with Gasteiger partial charge < -0.3 is 32.1 Å². The van der Waals surface area contributed by atoms with Crippen LogP contribution in [0.15, 0.2) is 0 Å². The Hall–Kier alpha value is -2.34. The first-order chi connectivity index (χ1) is 14.1. The number of nitrogens with one attached hydrogen (secondary N) is 2. The molecule has 7 N–H and O–H groups in total. The molecule has 1 fully saturated rings. The number of nitrogens with two attached hydrogens (primary N) is 2. The molecule has 4 unspecified atom stereocenters. The number of amides is 4. The lowest BCUT2D eigenvalue weighted by Gasteiger charge is -2.29. The van der Waals surface area contributed by atoms with E-state index in [0.29, 0.717) is 18.6 Å². The molecule has 170 valence electrons. The van der Waals surface area contributed by atoms with Crippen molar-refractivity contribution in [1.82, 2.24) is 15.5 Å². The van der Waals surface area contributed by atoms with Gasteiger partial charge in [0.15, 0.2) is 0 Å². The molecule has 0 spiro atoms. The Labute approximate surface area is 179 Å². The second-order valence-electron chi connectivity index (χ2n) is 7.23. The van der Waals surface area contributed by atoms with Crippen LogP contribution in [0.5, 0.6) is 0 Å². The first-order valence-electron chi connectivity index (χ1n) is 9.75. The Morgan fingerprint density at radius 1 is 1.17 bits per heavy atom. The van der Waals surface area contributed by atoms with E-state index in [1.54, 1.807) is 0 Å². The van der Waals surface area contributed by atoms with Crippen LogP contribution in [0.25, 0.3) is 0 Å². The van der Waals surface area contributed by atoms with Crippen molar-refractivity contribution in [3.63, 3.8) is 0 Å². The van der Waals surface area contributed by atoms with Crippen LogP contribution >= 0.6 is 11.8 Å². The summed E-state index contributed by atoms with van der Waals surface area (Å²) in [6, 6.07) is -3.82. The first kappa shape index (κ1) is 25.7. The predicted octanol–water partition coefficient (Wildman–Crippen LogP) is -1.60. The molecule has 1 aliphatic rings. The topological polar surface area (TPSA) is 185 Å². The molecule has 4 atom stereocenters. The average Bonchev–Trinajstić information content (AvgIpc) is 3.16. The molecule has 11 nitrogen and oxygen atoms in total. The van der Waals surface area contributed by atoms with E-state index in [1.165, 1.54) is 23.6 Å². The fourth-order valence-electron chi connectivity index (χ4n) is 3.11. The van der Waals surface area contributed by atoms with E-state index in [0.717, 1.165) is 0 Å². The maximum atomic E-state index is 13.0. The molecular formula is C18H31N5O6S. The number of carbonyl (C=O) groups excluding carboxylic acids is 4.